The molecule has 0 saturated carbocycles. The second kappa shape index (κ2) is 11.0. The molecule has 1 aliphatic rings. The van der Waals surface area contributed by atoms with Gasteiger partial charge in [-0.1, -0.05) is 11.6 Å². The Bertz CT molecular complexity index is 1810. The summed E-state index contributed by atoms with van der Waals surface area (Å²) in [5, 5.41) is 4.92. The summed E-state index contributed by atoms with van der Waals surface area (Å²) in [6.45, 7) is 4.39. The van der Waals surface area contributed by atoms with Crippen LogP contribution in [0.15, 0.2) is 59.4 Å². The van der Waals surface area contributed by atoms with Crippen molar-refractivity contribution in [3.05, 3.63) is 75.5 Å². The number of aryl methyl sites for hydroxylation is 1. The Hall–Kier alpha value is -4.21. The average molecular weight is 573 g/mol. The van der Waals surface area contributed by atoms with Crippen LogP contribution in [0.1, 0.15) is 5.56 Å². The van der Waals surface area contributed by atoms with Crippen LogP contribution in [0.3, 0.4) is 0 Å². The van der Waals surface area contributed by atoms with Crippen molar-refractivity contribution in [2.24, 2.45) is 7.05 Å². The number of likely N-dealkylation sites (N-methyl/N-ethyl adjacent to an activating group) is 1. The predicted octanol–water partition coefficient (Wildman–Crippen LogP) is 5.12. The van der Waals surface area contributed by atoms with Crippen LogP contribution in [0, 0.1) is 0 Å². The fraction of sp³-hybridized carbons (Fsp3) is 0.290. The van der Waals surface area contributed by atoms with Gasteiger partial charge in [0.2, 0.25) is 0 Å². The maximum atomic E-state index is 13.9. The first kappa shape index (κ1) is 27.0. The first-order valence-corrected chi connectivity index (χ1v) is 13.9. The number of hydrogen-bond donors (Lipinski definition) is 2. The summed E-state index contributed by atoms with van der Waals surface area (Å²) in [4.78, 5) is 26.9. The van der Waals surface area contributed by atoms with E-state index in [1.165, 1.54) is 0 Å². The van der Waals surface area contributed by atoms with Crippen LogP contribution in [0.2, 0.25) is 5.02 Å². The number of hydrogen-bond acceptors (Lipinski definition) is 7. The van der Waals surface area contributed by atoms with E-state index in [0.29, 0.717) is 40.1 Å². The molecule has 9 nitrogen and oxygen atoms in total. The molecule has 2 aromatic heterocycles. The Morgan fingerprint density at radius 2 is 1.78 bits per heavy atom. The highest BCUT2D eigenvalue weighted by molar-refractivity contribution is 6.31. The molecule has 0 aliphatic carbocycles. The Kier molecular flexibility index (Phi) is 7.23. The van der Waals surface area contributed by atoms with Gasteiger partial charge >= 0.3 is 0 Å². The van der Waals surface area contributed by atoms with Crippen molar-refractivity contribution in [1.82, 2.24) is 19.4 Å². The molecule has 6 rings (SSSR count). The van der Waals surface area contributed by atoms with E-state index in [1.54, 1.807) is 31.9 Å². The van der Waals surface area contributed by atoms with E-state index in [0.717, 1.165) is 59.4 Å². The summed E-state index contributed by atoms with van der Waals surface area (Å²) in [7, 11) is 7.17. The smallest absolute Gasteiger partial charge is 0.263 e. The lowest BCUT2D eigenvalue weighted by molar-refractivity contribution is 0.313. The number of halogens is 1. The molecule has 3 aromatic carbocycles. The zero-order chi connectivity index (χ0) is 28.7. The number of methoxy groups -OCH3 is 2. The number of pyridine rings is 1. The second-order valence-electron chi connectivity index (χ2n) is 10.4. The number of nitrogens with one attached hydrogen (secondary N) is 2. The molecular weight excluding hydrogens is 540 g/mol. The van der Waals surface area contributed by atoms with Crippen molar-refractivity contribution < 1.29 is 9.47 Å². The maximum Gasteiger partial charge on any atom is 0.263 e. The molecule has 41 heavy (non-hydrogen) atoms. The monoisotopic (exact) mass is 572 g/mol. The van der Waals surface area contributed by atoms with Crippen molar-refractivity contribution in [1.29, 1.82) is 0 Å². The lowest BCUT2D eigenvalue weighted by atomic mass is 10.1. The fourth-order valence-electron chi connectivity index (χ4n) is 5.48. The number of imidazole rings is 1. The molecule has 1 saturated heterocycles. The minimum atomic E-state index is -0.164. The summed E-state index contributed by atoms with van der Waals surface area (Å²) in [6.07, 6.45) is 0. The number of benzene rings is 3. The van der Waals surface area contributed by atoms with E-state index in [1.807, 2.05) is 36.4 Å². The lowest BCUT2D eigenvalue weighted by Gasteiger charge is -2.34. The van der Waals surface area contributed by atoms with Gasteiger partial charge in [0.25, 0.3) is 5.56 Å². The SMILES string of the molecule is COc1ccc(CNc2c(-c3nc4ccc(N5CCN(C)CC5)cc4[nH]3)c(=O)n(C)c3ccc(Cl)cc23)c(OC)c1. The average Bonchev–Trinajstić information content (AvgIpc) is 3.41. The van der Waals surface area contributed by atoms with Gasteiger partial charge in [-0.15, -0.1) is 0 Å². The second-order valence-corrected chi connectivity index (χ2v) is 10.8. The number of aromatic nitrogens is 3. The minimum absolute atomic E-state index is 0.164. The first-order chi connectivity index (χ1) is 19.9. The number of nitrogens with zero attached hydrogens (tertiary/aromatic N) is 4. The van der Waals surface area contributed by atoms with E-state index in [-0.39, 0.29) is 5.56 Å². The zero-order valence-electron chi connectivity index (χ0n) is 23.6. The summed E-state index contributed by atoms with van der Waals surface area (Å²) >= 11 is 6.46. The van der Waals surface area contributed by atoms with Gasteiger partial charge in [-0.05, 0) is 55.6 Å². The molecule has 1 aliphatic heterocycles. The minimum Gasteiger partial charge on any atom is -0.497 e. The van der Waals surface area contributed by atoms with Crippen molar-refractivity contribution >= 4 is 44.9 Å². The van der Waals surface area contributed by atoms with Gasteiger partial charge in [0.05, 0.1) is 36.5 Å². The standard InChI is InChI=1S/C31H33ClN6O3/c1-36-11-13-38(14-12-36)21-7-9-24-25(16-21)35-30(34-24)28-29(23-15-20(32)6-10-26(23)37(2)31(28)39)33-18-19-5-8-22(40-3)17-27(19)41-4/h5-10,15-17,33H,11-14,18H2,1-4H3,(H,34,35). The number of anilines is 2. The van der Waals surface area contributed by atoms with E-state index < -0.39 is 0 Å². The third kappa shape index (κ3) is 5.07. The number of H-pyrrole nitrogens is 1. The molecule has 0 atom stereocenters. The number of ether oxygens (including phenoxy) is 2. The highest BCUT2D eigenvalue weighted by Gasteiger charge is 2.22. The Balaban J connectivity index is 1.46. The molecule has 3 heterocycles. The summed E-state index contributed by atoms with van der Waals surface area (Å²) in [5.74, 6) is 1.89. The number of aromatic amines is 1. The van der Waals surface area contributed by atoms with Crippen molar-refractivity contribution in [3.63, 3.8) is 0 Å². The number of piperazine rings is 1. The Morgan fingerprint density at radius 1 is 0.976 bits per heavy atom. The highest BCUT2D eigenvalue weighted by atomic mass is 35.5. The Labute approximate surface area is 243 Å². The number of fused-ring (bicyclic) bond motifs is 2. The van der Waals surface area contributed by atoms with Crippen LogP contribution in [0.4, 0.5) is 11.4 Å². The van der Waals surface area contributed by atoms with E-state index in [4.69, 9.17) is 26.1 Å². The van der Waals surface area contributed by atoms with Gasteiger partial charge in [-0.2, -0.15) is 0 Å². The third-order valence-electron chi connectivity index (χ3n) is 7.88. The van der Waals surface area contributed by atoms with Crippen LogP contribution in [-0.4, -0.2) is 66.9 Å². The molecule has 0 spiro atoms. The molecule has 0 amide bonds. The molecule has 0 bridgehead atoms. The molecule has 212 valence electrons. The fourth-order valence-corrected chi connectivity index (χ4v) is 5.65. The van der Waals surface area contributed by atoms with Crippen molar-refractivity contribution in [2.45, 2.75) is 6.54 Å². The number of rotatable bonds is 7. The van der Waals surface area contributed by atoms with Gasteiger partial charge in [-0.25, -0.2) is 4.98 Å². The van der Waals surface area contributed by atoms with Crippen LogP contribution in [-0.2, 0) is 13.6 Å². The molecule has 10 heteroatoms. The van der Waals surface area contributed by atoms with E-state index in [9.17, 15) is 4.79 Å². The van der Waals surface area contributed by atoms with E-state index in [2.05, 4.69) is 39.3 Å². The molecule has 0 unspecified atom stereocenters. The molecule has 2 N–H and O–H groups in total. The summed E-state index contributed by atoms with van der Waals surface area (Å²) in [6, 6.07) is 17.4. The van der Waals surface area contributed by atoms with Gasteiger partial charge in [0.1, 0.15) is 22.9 Å². The van der Waals surface area contributed by atoms with Crippen LogP contribution in [0.5, 0.6) is 11.5 Å². The summed E-state index contributed by atoms with van der Waals surface area (Å²) in [5.41, 5.74) is 5.44. The molecule has 1 fully saturated rings. The van der Waals surface area contributed by atoms with Gasteiger partial charge in [0.15, 0.2) is 0 Å². The molecule has 0 radical (unpaired) electrons. The largest absolute Gasteiger partial charge is 0.497 e. The highest BCUT2D eigenvalue weighted by Crippen LogP contribution is 2.35. The van der Waals surface area contributed by atoms with Gasteiger partial charge in [0, 0.05) is 67.5 Å². The zero-order valence-corrected chi connectivity index (χ0v) is 24.4. The summed E-state index contributed by atoms with van der Waals surface area (Å²) < 4.78 is 12.6. The lowest BCUT2D eigenvalue weighted by Crippen LogP contribution is -2.44. The first-order valence-electron chi connectivity index (χ1n) is 13.6. The van der Waals surface area contributed by atoms with Gasteiger partial charge < -0.3 is 34.1 Å². The molecule has 5 aromatic rings. The quantitative estimate of drug-likeness (QED) is 0.280. The predicted molar refractivity (Wildman–Crippen MR) is 166 cm³/mol. The molecular formula is C31H33ClN6O3. The van der Waals surface area contributed by atoms with E-state index >= 15 is 0 Å². The van der Waals surface area contributed by atoms with Crippen LogP contribution in [0.25, 0.3) is 33.3 Å². The Morgan fingerprint density at radius 3 is 2.54 bits per heavy atom. The van der Waals surface area contributed by atoms with Crippen molar-refractivity contribution in [2.75, 3.05) is 57.7 Å². The van der Waals surface area contributed by atoms with Crippen LogP contribution < -0.4 is 25.2 Å². The van der Waals surface area contributed by atoms with Crippen LogP contribution >= 0.6 is 11.6 Å². The van der Waals surface area contributed by atoms with Crippen molar-refractivity contribution in [3.8, 4) is 22.9 Å². The normalized spacial score (nSPS) is 14.1. The van der Waals surface area contributed by atoms with Gasteiger partial charge in [-0.3, -0.25) is 4.79 Å². The third-order valence-corrected chi connectivity index (χ3v) is 8.11. The maximum absolute atomic E-state index is 13.9. The topological polar surface area (TPSA) is 87.7 Å².